The first-order chi connectivity index (χ1) is 5.18. The molecule has 11 heavy (non-hydrogen) atoms. The van der Waals surface area contributed by atoms with Crippen LogP contribution in [-0.4, -0.2) is 0 Å². The summed E-state index contributed by atoms with van der Waals surface area (Å²) in [6.07, 6.45) is 8.57. The van der Waals surface area contributed by atoms with Gasteiger partial charge in [-0.05, 0) is 24.7 Å². The van der Waals surface area contributed by atoms with Gasteiger partial charge in [0.1, 0.15) is 0 Å². The molecule has 0 aliphatic rings. The summed E-state index contributed by atoms with van der Waals surface area (Å²) < 4.78 is 0. The molecule has 0 aromatic carbocycles. The lowest BCUT2D eigenvalue weighted by Gasteiger charge is -2.11. The lowest BCUT2D eigenvalue weighted by Crippen LogP contribution is -2.01. The van der Waals surface area contributed by atoms with Gasteiger partial charge in [0.2, 0.25) is 0 Å². The molecule has 0 amide bonds. The molecule has 64 valence electrons. The summed E-state index contributed by atoms with van der Waals surface area (Å²) in [5.41, 5.74) is 0. The lowest BCUT2D eigenvalue weighted by molar-refractivity contribution is 0.424. The Kier molecular flexibility index (Phi) is 5.91. The highest BCUT2D eigenvalue weighted by molar-refractivity contribution is 4.89. The fourth-order valence-corrected chi connectivity index (χ4v) is 0.775. The van der Waals surface area contributed by atoms with Crippen LogP contribution in [0.3, 0.4) is 0 Å². The van der Waals surface area contributed by atoms with Gasteiger partial charge in [0.05, 0.1) is 0 Å². The molecule has 0 nitrogen and oxygen atoms in total. The van der Waals surface area contributed by atoms with Crippen LogP contribution in [0.2, 0.25) is 0 Å². The standard InChI is InChI=1S/C11H20/c1-5-6-7-8-9-11(4)10(2)3/h5,7-8,10-11H,1,6,9H2,2-4H3. The van der Waals surface area contributed by atoms with Crippen LogP contribution in [0, 0.1) is 11.8 Å². The van der Waals surface area contributed by atoms with E-state index in [-0.39, 0.29) is 0 Å². The number of hydrogen-bond acceptors (Lipinski definition) is 0. The molecule has 0 saturated heterocycles. The second-order valence-corrected chi connectivity index (χ2v) is 3.45. The minimum absolute atomic E-state index is 0.795. The van der Waals surface area contributed by atoms with Crippen LogP contribution in [0.15, 0.2) is 24.8 Å². The highest BCUT2D eigenvalue weighted by atomic mass is 14.1. The molecular formula is C11H20. The Morgan fingerprint density at radius 2 is 1.82 bits per heavy atom. The third-order valence-corrected chi connectivity index (χ3v) is 2.12. The molecule has 0 spiro atoms. The average molecular weight is 152 g/mol. The Morgan fingerprint density at radius 3 is 2.27 bits per heavy atom. The van der Waals surface area contributed by atoms with E-state index in [0.29, 0.717) is 0 Å². The van der Waals surface area contributed by atoms with E-state index in [9.17, 15) is 0 Å². The molecule has 0 aliphatic carbocycles. The highest BCUT2D eigenvalue weighted by Crippen LogP contribution is 2.14. The molecule has 0 saturated carbocycles. The maximum atomic E-state index is 3.66. The summed E-state index contributed by atoms with van der Waals surface area (Å²) >= 11 is 0. The summed E-state index contributed by atoms with van der Waals surface area (Å²) in [4.78, 5) is 0. The van der Waals surface area contributed by atoms with Crippen molar-refractivity contribution in [3.05, 3.63) is 24.8 Å². The second kappa shape index (κ2) is 6.21. The largest absolute Gasteiger partial charge is 0.103 e. The maximum absolute atomic E-state index is 3.66. The van der Waals surface area contributed by atoms with E-state index in [1.165, 1.54) is 6.42 Å². The number of allylic oxidation sites excluding steroid dienone is 3. The van der Waals surface area contributed by atoms with Crippen LogP contribution in [0.25, 0.3) is 0 Å². The zero-order valence-corrected chi connectivity index (χ0v) is 8.01. The van der Waals surface area contributed by atoms with Crippen LogP contribution in [0.1, 0.15) is 33.6 Å². The van der Waals surface area contributed by atoms with E-state index in [1.807, 2.05) is 6.08 Å². The molecule has 0 aromatic heterocycles. The highest BCUT2D eigenvalue weighted by Gasteiger charge is 2.02. The Labute approximate surface area is 71.0 Å². The first-order valence-corrected chi connectivity index (χ1v) is 4.44. The third kappa shape index (κ3) is 5.90. The van der Waals surface area contributed by atoms with Crippen molar-refractivity contribution < 1.29 is 0 Å². The van der Waals surface area contributed by atoms with Gasteiger partial charge < -0.3 is 0 Å². The molecule has 0 bridgehead atoms. The quantitative estimate of drug-likeness (QED) is 0.526. The fraction of sp³-hybridized carbons (Fsp3) is 0.636. The van der Waals surface area contributed by atoms with E-state index in [4.69, 9.17) is 0 Å². The van der Waals surface area contributed by atoms with E-state index in [2.05, 4.69) is 39.5 Å². The molecule has 0 heterocycles. The molecule has 0 rings (SSSR count). The Morgan fingerprint density at radius 1 is 1.18 bits per heavy atom. The van der Waals surface area contributed by atoms with Gasteiger partial charge >= 0.3 is 0 Å². The number of rotatable bonds is 5. The zero-order valence-electron chi connectivity index (χ0n) is 8.01. The zero-order chi connectivity index (χ0) is 8.69. The Bertz CT molecular complexity index is 120. The van der Waals surface area contributed by atoms with Crippen LogP contribution >= 0.6 is 0 Å². The van der Waals surface area contributed by atoms with Gasteiger partial charge in [-0.1, -0.05) is 39.0 Å². The topological polar surface area (TPSA) is 0 Å². The molecule has 0 fully saturated rings. The predicted octanol–water partition coefficient (Wildman–Crippen LogP) is 3.80. The minimum Gasteiger partial charge on any atom is -0.103 e. The Hall–Kier alpha value is -0.520. The van der Waals surface area contributed by atoms with Crippen molar-refractivity contribution in [3.8, 4) is 0 Å². The van der Waals surface area contributed by atoms with Crippen molar-refractivity contribution >= 4 is 0 Å². The smallest absolute Gasteiger partial charge is 0.0172 e. The average Bonchev–Trinajstić information content (AvgIpc) is 1.97. The first kappa shape index (κ1) is 10.5. The van der Waals surface area contributed by atoms with Gasteiger partial charge in [-0.15, -0.1) is 6.58 Å². The van der Waals surface area contributed by atoms with Crippen LogP contribution in [0.5, 0.6) is 0 Å². The first-order valence-electron chi connectivity index (χ1n) is 4.44. The summed E-state index contributed by atoms with van der Waals surface area (Å²) in [5.74, 6) is 1.60. The maximum Gasteiger partial charge on any atom is -0.0172 e. The normalized spacial score (nSPS) is 14.2. The Balaban J connectivity index is 3.44. The molecule has 0 radical (unpaired) electrons. The summed E-state index contributed by atoms with van der Waals surface area (Å²) in [5, 5.41) is 0. The van der Waals surface area contributed by atoms with E-state index in [1.54, 1.807) is 0 Å². The SMILES string of the molecule is C=CCC=CCC(C)C(C)C. The predicted molar refractivity (Wildman–Crippen MR) is 52.6 cm³/mol. The molecule has 0 heteroatoms. The molecular weight excluding hydrogens is 132 g/mol. The van der Waals surface area contributed by atoms with Crippen molar-refractivity contribution in [2.24, 2.45) is 11.8 Å². The molecule has 0 aliphatic heterocycles. The molecule has 0 N–H and O–H groups in total. The van der Waals surface area contributed by atoms with Gasteiger partial charge in [0.15, 0.2) is 0 Å². The lowest BCUT2D eigenvalue weighted by atomic mass is 9.94. The number of hydrogen-bond donors (Lipinski definition) is 0. The van der Waals surface area contributed by atoms with Crippen LogP contribution in [0.4, 0.5) is 0 Å². The van der Waals surface area contributed by atoms with Gasteiger partial charge in [0, 0.05) is 0 Å². The molecule has 1 atom stereocenters. The fourth-order valence-electron chi connectivity index (χ4n) is 0.775. The van der Waals surface area contributed by atoms with E-state index in [0.717, 1.165) is 18.3 Å². The van der Waals surface area contributed by atoms with Crippen LogP contribution < -0.4 is 0 Å². The van der Waals surface area contributed by atoms with Gasteiger partial charge in [0.25, 0.3) is 0 Å². The van der Waals surface area contributed by atoms with Crippen molar-refractivity contribution in [1.82, 2.24) is 0 Å². The summed E-state index contributed by atoms with van der Waals surface area (Å²) in [6.45, 7) is 10.5. The van der Waals surface area contributed by atoms with Crippen molar-refractivity contribution in [3.63, 3.8) is 0 Å². The minimum atomic E-state index is 0.795. The van der Waals surface area contributed by atoms with Crippen LogP contribution in [-0.2, 0) is 0 Å². The van der Waals surface area contributed by atoms with Crippen molar-refractivity contribution in [2.45, 2.75) is 33.6 Å². The van der Waals surface area contributed by atoms with E-state index < -0.39 is 0 Å². The van der Waals surface area contributed by atoms with Gasteiger partial charge in [-0.3, -0.25) is 0 Å². The van der Waals surface area contributed by atoms with Gasteiger partial charge in [-0.25, -0.2) is 0 Å². The van der Waals surface area contributed by atoms with Crippen molar-refractivity contribution in [2.75, 3.05) is 0 Å². The van der Waals surface area contributed by atoms with E-state index >= 15 is 0 Å². The third-order valence-electron chi connectivity index (χ3n) is 2.12. The molecule has 1 unspecified atom stereocenters. The second-order valence-electron chi connectivity index (χ2n) is 3.45. The molecule has 0 aromatic rings. The van der Waals surface area contributed by atoms with Crippen molar-refractivity contribution in [1.29, 1.82) is 0 Å². The summed E-state index contributed by atoms with van der Waals surface area (Å²) in [6, 6.07) is 0. The monoisotopic (exact) mass is 152 g/mol. The summed E-state index contributed by atoms with van der Waals surface area (Å²) in [7, 11) is 0. The van der Waals surface area contributed by atoms with Gasteiger partial charge in [-0.2, -0.15) is 0 Å².